The first-order valence-corrected chi connectivity index (χ1v) is 4.66. The smallest absolute Gasteiger partial charge is 0.388 e. The average Bonchev–Trinajstić information content (AvgIpc) is 2.16. The lowest BCUT2D eigenvalue weighted by Crippen LogP contribution is -2.21. The highest BCUT2D eigenvalue weighted by atomic mass is 35.5. The van der Waals surface area contributed by atoms with Gasteiger partial charge in [-0.15, -0.1) is 24.8 Å². The van der Waals surface area contributed by atoms with Gasteiger partial charge in [-0.2, -0.15) is 13.2 Å². The van der Waals surface area contributed by atoms with Gasteiger partial charge in [0, 0.05) is 5.56 Å². The molecular formula is C8H3ClF7NO. The molecule has 0 atom stereocenters. The van der Waals surface area contributed by atoms with Gasteiger partial charge in [-0.1, -0.05) is 0 Å². The predicted molar refractivity (Wildman–Crippen MR) is 45.4 cm³/mol. The maximum atomic E-state index is 13.0. The van der Waals surface area contributed by atoms with E-state index in [9.17, 15) is 30.7 Å². The van der Waals surface area contributed by atoms with Crippen molar-refractivity contribution in [2.24, 2.45) is 0 Å². The van der Waals surface area contributed by atoms with Gasteiger partial charge in [-0.25, -0.2) is 9.37 Å². The standard InChI is InChI=1S/C8H3ClF7NO/c9-2-3-1-4(10)5(7(11,12)13)17-6(3)18-8(14,15)16/h1H,2H2. The molecule has 0 unspecified atom stereocenters. The number of hydrogen-bond acceptors (Lipinski definition) is 2. The second kappa shape index (κ2) is 4.79. The molecule has 1 rings (SSSR count). The molecule has 0 spiro atoms. The molecule has 2 nitrogen and oxygen atoms in total. The van der Waals surface area contributed by atoms with Crippen LogP contribution in [0.25, 0.3) is 0 Å². The number of alkyl halides is 7. The highest BCUT2D eigenvalue weighted by Crippen LogP contribution is 2.34. The van der Waals surface area contributed by atoms with Crippen LogP contribution in [-0.4, -0.2) is 11.3 Å². The monoisotopic (exact) mass is 297 g/mol. The molecule has 10 heteroatoms. The van der Waals surface area contributed by atoms with Crippen LogP contribution in [0.1, 0.15) is 11.3 Å². The zero-order chi connectivity index (χ0) is 14.1. The maximum Gasteiger partial charge on any atom is 0.574 e. The van der Waals surface area contributed by atoms with Crippen molar-refractivity contribution in [3.05, 3.63) is 23.1 Å². The lowest BCUT2D eigenvalue weighted by molar-refractivity contribution is -0.276. The normalized spacial score (nSPS) is 12.7. The van der Waals surface area contributed by atoms with Gasteiger partial charge in [-0.3, -0.25) is 0 Å². The largest absolute Gasteiger partial charge is 0.574 e. The van der Waals surface area contributed by atoms with E-state index >= 15 is 0 Å². The van der Waals surface area contributed by atoms with Crippen LogP contribution in [0.5, 0.6) is 5.88 Å². The Bertz CT molecular complexity index is 442. The minimum Gasteiger partial charge on any atom is -0.388 e. The summed E-state index contributed by atoms with van der Waals surface area (Å²) in [7, 11) is 0. The van der Waals surface area contributed by atoms with E-state index in [0.29, 0.717) is 0 Å². The minimum atomic E-state index is -5.26. The number of pyridine rings is 1. The Morgan fingerprint density at radius 3 is 2.11 bits per heavy atom. The van der Waals surface area contributed by atoms with Crippen LogP contribution >= 0.6 is 11.6 Å². The zero-order valence-corrected chi connectivity index (χ0v) is 8.92. The molecule has 0 bridgehead atoms. The van der Waals surface area contributed by atoms with Crippen molar-refractivity contribution in [3.8, 4) is 5.88 Å². The first-order valence-electron chi connectivity index (χ1n) is 4.13. The van der Waals surface area contributed by atoms with Crippen molar-refractivity contribution < 1.29 is 35.5 Å². The molecule has 0 fully saturated rings. The lowest BCUT2D eigenvalue weighted by atomic mass is 10.2. The SMILES string of the molecule is Fc1cc(CCl)c(OC(F)(F)F)nc1C(F)(F)F. The Hall–Kier alpha value is -1.25. The molecule has 1 aromatic heterocycles. The number of aromatic nitrogens is 1. The first kappa shape index (κ1) is 14.8. The molecule has 102 valence electrons. The molecular weight excluding hydrogens is 295 g/mol. The Morgan fingerprint density at radius 2 is 1.72 bits per heavy atom. The summed E-state index contributed by atoms with van der Waals surface area (Å²) in [5.41, 5.74) is -2.74. The number of rotatable bonds is 2. The molecule has 0 N–H and O–H groups in total. The lowest BCUT2D eigenvalue weighted by Gasteiger charge is -2.14. The third kappa shape index (κ3) is 3.62. The summed E-state index contributed by atoms with van der Waals surface area (Å²) in [5.74, 6) is -3.94. The van der Waals surface area contributed by atoms with Crippen LogP contribution in [0.4, 0.5) is 30.7 Å². The fourth-order valence-electron chi connectivity index (χ4n) is 1.00. The van der Waals surface area contributed by atoms with Crippen molar-refractivity contribution >= 4 is 11.6 Å². The molecule has 0 amide bonds. The molecule has 0 saturated heterocycles. The van der Waals surface area contributed by atoms with Crippen LogP contribution < -0.4 is 4.74 Å². The molecule has 0 aliphatic carbocycles. The fourth-order valence-corrected chi connectivity index (χ4v) is 1.19. The Balaban J connectivity index is 3.31. The Labute approximate surface area is 100 Å². The summed E-state index contributed by atoms with van der Waals surface area (Å²) in [6.07, 6.45) is -10.5. The summed E-state index contributed by atoms with van der Waals surface area (Å²) < 4.78 is 88.6. The van der Waals surface area contributed by atoms with Crippen molar-refractivity contribution in [2.45, 2.75) is 18.4 Å². The molecule has 0 saturated carbocycles. The topological polar surface area (TPSA) is 22.1 Å². The highest BCUT2D eigenvalue weighted by Gasteiger charge is 2.39. The number of nitrogens with zero attached hydrogens (tertiary/aromatic N) is 1. The predicted octanol–water partition coefficient (Wildman–Crippen LogP) is 3.88. The molecule has 0 aliphatic heterocycles. The van der Waals surface area contributed by atoms with Crippen LogP contribution in [0.3, 0.4) is 0 Å². The molecule has 18 heavy (non-hydrogen) atoms. The second-order valence-corrected chi connectivity index (χ2v) is 3.23. The average molecular weight is 298 g/mol. The summed E-state index contributed by atoms with van der Waals surface area (Å²) in [4.78, 5) is 2.47. The van der Waals surface area contributed by atoms with E-state index < -0.39 is 41.4 Å². The van der Waals surface area contributed by atoms with E-state index in [2.05, 4.69) is 9.72 Å². The molecule has 0 aliphatic rings. The van der Waals surface area contributed by atoms with Crippen molar-refractivity contribution in [1.82, 2.24) is 4.98 Å². The summed E-state index contributed by atoms with van der Waals surface area (Å²) in [6, 6.07) is 0.198. The van der Waals surface area contributed by atoms with Gasteiger partial charge in [0.25, 0.3) is 0 Å². The number of halogens is 8. The maximum absolute atomic E-state index is 13.0. The van der Waals surface area contributed by atoms with Crippen molar-refractivity contribution in [2.75, 3.05) is 0 Å². The molecule has 1 aromatic rings. The van der Waals surface area contributed by atoms with Crippen molar-refractivity contribution in [1.29, 1.82) is 0 Å². The van der Waals surface area contributed by atoms with Crippen LogP contribution in [-0.2, 0) is 12.1 Å². The number of hydrogen-bond donors (Lipinski definition) is 0. The van der Waals surface area contributed by atoms with E-state index in [-0.39, 0.29) is 6.07 Å². The minimum absolute atomic E-state index is 0.198. The quantitative estimate of drug-likeness (QED) is 0.610. The summed E-state index contributed by atoms with van der Waals surface area (Å²) >= 11 is 5.16. The van der Waals surface area contributed by atoms with Gasteiger partial charge in [0.15, 0.2) is 11.5 Å². The summed E-state index contributed by atoms with van der Waals surface area (Å²) in [5, 5.41) is 0. The third-order valence-corrected chi connectivity index (χ3v) is 1.93. The van der Waals surface area contributed by atoms with E-state index in [1.807, 2.05) is 0 Å². The molecule has 1 heterocycles. The van der Waals surface area contributed by atoms with Gasteiger partial charge in [0.1, 0.15) is 0 Å². The second-order valence-electron chi connectivity index (χ2n) is 2.96. The summed E-state index contributed by atoms with van der Waals surface area (Å²) in [6.45, 7) is 0. The Morgan fingerprint density at radius 1 is 1.17 bits per heavy atom. The van der Waals surface area contributed by atoms with Gasteiger partial charge in [0.05, 0.1) is 5.88 Å². The zero-order valence-electron chi connectivity index (χ0n) is 8.16. The van der Waals surface area contributed by atoms with E-state index in [0.717, 1.165) is 0 Å². The van der Waals surface area contributed by atoms with Crippen LogP contribution in [0.15, 0.2) is 6.07 Å². The Kier molecular flexibility index (Phi) is 3.94. The van der Waals surface area contributed by atoms with Gasteiger partial charge in [-0.05, 0) is 6.07 Å². The van der Waals surface area contributed by atoms with Crippen LogP contribution in [0, 0.1) is 5.82 Å². The third-order valence-electron chi connectivity index (χ3n) is 1.64. The molecule has 0 radical (unpaired) electrons. The molecule has 0 aromatic carbocycles. The fraction of sp³-hybridized carbons (Fsp3) is 0.375. The van der Waals surface area contributed by atoms with E-state index in [1.54, 1.807) is 0 Å². The van der Waals surface area contributed by atoms with Gasteiger partial charge in [0.2, 0.25) is 5.88 Å². The highest BCUT2D eigenvalue weighted by molar-refractivity contribution is 6.17. The van der Waals surface area contributed by atoms with Crippen molar-refractivity contribution in [3.63, 3.8) is 0 Å². The van der Waals surface area contributed by atoms with E-state index in [4.69, 9.17) is 11.6 Å². The number of ether oxygens (including phenoxy) is 1. The van der Waals surface area contributed by atoms with Gasteiger partial charge < -0.3 is 4.74 Å². The first-order chi connectivity index (χ1) is 8.04. The van der Waals surface area contributed by atoms with E-state index in [1.165, 1.54) is 0 Å². The van der Waals surface area contributed by atoms with Crippen LogP contribution in [0.2, 0.25) is 0 Å². The van der Waals surface area contributed by atoms with Gasteiger partial charge >= 0.3 is 12.5 Å².